The summed E-state index contributed by atoms with van der Waals surface area (Å²) in [6.07, 6.45) is -1.62. The Kier molecular flexibility index (Phi) is 15.5. The zero-order valence-electron chi connectivity index (χ0n) is 10.1. The first kappa shape index (κ1) is 19.1. The van der Waals surface area contributed by atoms with Crippen LogP contribution in [0.15, 0.2) is 0 Å². The van der Waals surface area contributed by atoms with Crippen LogP contribution in [0.25, 0.3) is 0 Å². The smallest absolute Gasteiger partial charge is 0.151 e. The number of hydrogen-bond donors (Lipinski definition) is 6. The van der Waals surface area contributed by atoms with Crippen molar-refractivity contribution in [3.05, 3.63) is 0 Å². The van der Waals surface area contributed by atoms with Crippen LogP contribution in [0, 0.1) is 0 Å². The van der Waals surface area contributed by atoms with E-state index in [1.807, 2.05) is 6.92 Å². The van der Waals surface area contributed by atoms with Gasteiger partial charge in [0.1, 0.15) is 12.2 Å². The molecule has 0 fully saturated rings. The Hall–Kier alpha value is -0.280. The highest BCUT2D eigenvalue weighted by molar-refractivity contribution is 4.52. The largest absolute Gasteiger partial charge is 0.394 e. The van der Waals surface area contributed by atoms with E-state index in [-0.39, 0.29) is 26.4 Å². The summed E-state index contributed by atoms with van der Waals surface area (Å²) in [5.41, 5.74) is 0. The maximum atomic E-state index is 8.72. The molecule has 2 atom stereocenters. The minimum absolute atomic E-state index is 0.0342. The topological polar surface area (TPSA) is 131 Å². The predicted octanol–water partition coefficient (Wildman–Crippen LogP) is -2.19. The van der Waals surface area contributed by atoms with Crippen LogP contribution < -0.4 is 0 Å². The van der Waals surface area contributed by atoms with Gasteiger partial charge in [0.05, 0.1) is 26.4 Å². The van der Waals surface area contributed by atoms with E-state index < -0.39 is 18.5 Å². The second kappa shape index (κ2) is 13.8. The van der Waals surface area contributed by atoms with Gasteiger partial charge in [-0.05, 0) is 6.42 Å². The average Bonchev–Trinajstić information content (AvgIpc) is 2.29. The zero-order chi connectivity index (χ0) is 13.7. The van der Waals surface area contributed by atoms with E-state index in [0.717, 1.165) is 6.42 Å². The molecule has 7 nitrogen and oxygen atoms in total. The Bertz CT molecular complexity index is 133. The van der Waals surface area contributed by atoms with Gasteiger partial charge < -0.3 is 35.4 Å². The minimum Gasteiger partial charge on any atom is -0.394 e. The monoisotopic (exact) mass is 256 g/mol. The minimum atomic E-state index is -1.10. The quantitative estimate of drug-likeness (QED) is 0.272. The standard InChI is InChI=1S/C6H14O5.C4H10O2/c7-1-5(9)3-11-4-6(10)2-8;1-2-3-4(5)6/h5-10H,1-4H2;4-6H,2-3H2,1H3. The van der Waals surface area contributed by atoms with Crippen LogP contribution in [0.1, 0.15) is 19.8 Å². The van der Waals surface area contributed by atoms with Gasteiger partial charge in [-0.3, -0.25) is 0 Å². The molecular weight excluding hydrogens is 232 g/mol. The second-order valence-electron chi connectivity index (χ2n) is 3.48. The van der Waals surface area contributed by atoms with Gasteiger partial charge in [-0.15, -0.1) is 0 Å². The highest BCUT2D eigenvalue weighted by Crippen LogP contribution is 1.88. The maximum Gasteiger partial charge on any atom is 0.151 e. The molecule has 0 aliphatic heterocycles. The number of hydrogen-bond acceptors (Lipinski definition) is 7. The summed E-state index contributed by atoms with van der Waals surface area (Å²) >= 11 is 0. The lowest BCUT2D eigenvalue weighted by Crippen LogP contribution is -2.25. The molecule has 0 amide bonds. The molecule has 0 bridgehead atoms. The Labute approximate surface area is 101 Å². The van der Waals surface area contributed by atoms with E-state index in [1.165, 1.54) is 0 Å². The molecular formula is C10H24O7. The van der Waals surface area contributed by atoms with Crippen molar-refractivity contribution >= 4 is 0 Å². The lowest BCUT2D eigenvalue weighted by Gasteiger charge is -2.10. The van der Waals surface area contributed by atoms with Crippen molar-refractivity contribution in [1.82, 2.24) is 0 Å². The van der Waals surface area contributed by atoms with Gasteiger partial charge in [-0.1, -0.05) is 13.3 Å². The molecule has 0 aliphatic carbocycles. The molecule has 0 aromatic heterocycles. The zero-order valence-corrected chi connectivity index (χ0v) is 10.1. The molecule has 0 rings (SSSR count). The number of ether oxygens (including phenoxy) is 1. The molecule has 0 aromatic carbocycles. The van der Waals surface area contributed by atoms with Crippen molar-refractivity contribution in [2.45, 2.75) is 38.3 Å². The van der Waals surface area contributed by atoms with E-state index in [1.54, 1.807) is 0 Å². The van der Waals surface area contributed by atoms with Crippen LogP contribution in [-0.4, -0.2) is 75.6 Å². The van der Waals surface area contributed by atoms with Crippen molar-refractivity contribution in [1.29, 1.82) is 0 Å². The first-order valence-electron chi connectivity index (χ1n) is 5.49. The van der Waals surface area contributed by atoms with E-state index in [2.05, 4.69) is 0 Å². The fourth-order valence-electron chi connectivity index (χ4n) is 0.704. The molecule has 0 radical (unpaired) electrons. The van der Waals surface area contributed by atoms with E-state index in [0.29, 0.717) is 6.42 Å². The van der Waals surface area contributed by atoms with Gasteiger partial charge >= 0.3 is 0 Å². The summed E-state index contributed by atoms with van der Waals surface area (Å²) in [5, 5.41) is 50.3. The Morgan fingerprint density at radius 2 is 1.29 bits per heavy atom. The van der Waals surface area contributed by atoms with Crippen LogP contribution >= 0.6 is 0 Å². The Morgan fingerprint density at radius 1 is 0.882 bits per heavy atom. The first-order valence-corrected chi connectivity index (χ1v) is 5.49. The fourth-order valence-corrected chi connectivity index (χ4v) is 0.704. The van der Waals surface area contributed by atoms with Gasteiger partial charge in [0, 0.05) is 0 Å². The summed E-state index contributed by atoms with van der Waals surface area (Å²) in [5.74, 6) is 0. The van der Waals surface area contributed by atoms with E-state index >= 15 is 0 Å². The second-order valence-corrected chi connectivity index (χ2v) is 3.48. The van der Waals surface area contributed by atoms with Crippen molar-refractivity contribution in [2.75, 3.05) is 26.4 Å². The third-order valence-electron chi connectivity index (χ3n) is 1.59. The van der Waals surface area contributed by atoms with Gasteiger partial charge in [-0.2, -0.15) is 0 Å². The van der Waals surface area contributed by atoms with Crippen LogP contribution in [0.3, 0.4) is 0 Å². The molecule has 7 heteroatoms. The fraction of sp³-hybridized carbons (Fsp3) is 1.00. The van der Waals surface area contributed by atoms with E-state index in [9.17, 15) is 0 Å². The van der Waals surface area contributed by atoms with Gasteiger partial charge in [0.2, 0.25) is 0 Å². The Balaban J connectivity index is 0. The first-order chi connectivity index (χ1) is 7.97. The third-order valence-corrected chi connectivity index (χ3v) is 1.59. The van der Waals surface area contributed by atoms with Crippen molar-refractivity contribution in [3.8, 4) is 0 Å². The summed E-state index contributed by atoms with van der Waals surface area (Å²) in [7, 11) is 0. The molecule has 106 valence electrons. The summed E-state index contributed by atoms with van der Waals surface area (Å²) in [4.78, 5) is 0. The number of aliphatic hydroxyl groups is 6. The number of aliphatic hydroxyl groups excluding tert-OH is 5. The molecule has 6 N–H and O–H groups in total. The van der Waals surface area contributed by atoms with Gasteiger partial charge in [-0.25, -0.2) is 0 Å². The van der Waals surface area contributed by atoms with Crippen LogP contribution in [0.5, 0.6) is 0 Å². The van der Waals surface area contributed by atoms with Crippen LogP contribution in [0.4, 0.5) is 0 Å². The molecule has 17 heavy (non-hydrogen) atoms. The van der Waals surface area contributed by atoms with Crippen LogP contribution in [0.2, 0.25) is 0 Å². The molecule has 0 aromatic rings. The third kappa shape index (κ3) is 18.3. The summed E-state index contributed by atoms with van der Waals surface area (Å²) < 4.78 is 4.72. The van der Waals surface area contributed by atoms with Crippen molar-refractivity contribution in [3.63, 3.8) is 0 Å². The molecule has 0 aliphatic rings. The predicted molar refractivity (Wildman–Crippen MR) is 60.1 cm³/mol. The van der Waals surface area contributed by atoms with Crippen molar-refractivity contribution < 1.29 is 35.4 Å². The van der Waals surface area contributed by atoms with Gasteiger partial charge in [0.15, 0.2) is 6.29 Å². The molecule has 0 saturated carbocycles. The van der Waals surface area contributed by atoms with Crippen LogP contribution in [-0.2, 0) is 4.74 Å². The highest BCUT2D eigenvalue weighted by atomic mass is 16.5. The molecule has 0 heterocycles. The SMILES string of the molecule is CCCC(O)O.OCC(O)COCC(O)CO. The molecule has 2 unspecified atom stereocenters. The number of rotatable bonds is 8. The van der Waals surface area contributed by atoms with Crippen molar-refractivity contribution in [2.24, 2.45) is 0 Å². The highest BCUT2D eigenvalue weighted by Gasteiger charge is 2.04. The Morgan fingerprint density at radius 3 is 1.47 bits per heavy atom. The van der Waals surface area contributed by atoms with Gasteiger partial charge in [0.25, 0.3) is 0 Å². The maximum absolute atomic E-state index is 8.72. The molecule has 0 spiro atoms. The normalized spacial score (nSPS) is 14.1. The summed E-state index contributed by atoms with van der Waals surface area (Å²) in [6, 6.07) is 0. The summed E-state index contributed by atoms with van der Waals surface area (Å²) in [6.45, 7) is 1.10. The van der Waals surface area contributed by atoms with E-state index in [4.69, 9.17) is 35.4 Å². The lowest BCUT2D eigenvalue weighted by atomic mass is 10.3. The average molecular weight is 256 g/mol. The lowest BCUT2D eigenvalue weighted by molar-refractivity contribution is -0.0453. The molecule has 0 saturated heterocycles.